The average Bonchev–Trinajstić information content (AvgIpc) is 2.58. The van der Waals surface area contributed by atoms with Crippen molar-refractivity contribution in [3.05, 3.63) is 59.1 Å². The van der Waals surface area contributed by atoms with Crippen molar-refractivity contribution in [3.63, 3.8) is 0 Å². The van der Waals surface area contributed by atoms with Crippen LogP contribution in [0.4, 0.5) is 16.2 Å². The highest BCUT2D eigenvalue weighted by Crippen LogP contribution is 2.22. The van der Waals surface area contributed by atoms with E-state index in [1.165, 1.54) is 0 Å². The van der Waals surface area contributed by atoms with Crippen molar-refractivity contribution in [2.24, 2.45) is 0 Å². The zero-order chi connectivity index (χ0) is 16.1. The van der Waals surface area contributed by atoms with Gasteiger partial charge in [-0.2, -0.15) is 0 Å². The summed E-state index contributed by atoms with van der Waals surface area (Å²) in [6.45, 7) is 2.41. The van der Waals surface area contributed by atoms with Gasteiger partial charge in [0.2, 0.25) is 0 Å². The summed E-state index contributed by atoms with van der Waals surface area (Å²) in [4.78, 5) is 12.0. The molecule has 128 valence electrons. The van der Waals surface area contributed by atoms with E-state index in [-0.39, 0.29) is 24.5 Å². The summed E-state index contributed by atoms with van der Waals surface area (Å²) in [6.07, 6.45) is 0.0646. The van der Waals surface area contributed by atoms with Crippen LogP contribution in [0.2, 0.25) is 5.02 Å². The molecule has 0 aromatic heterocycles. The first-order valence-electron chi connectivity index (χ1n) is 7.47. The molecule has 7 heteroatoms. The molecule has 2 amide bonds. The first-order chi connectivity index (χ1) is 11.2. The van der Waals surface area contributed by atoms with Gasteiger partial charge in [0.25, 0.3) is 0 Å². The van der Waals surface area contributed by atoms with Crippen molar-refractivity contribution in [2.75, 3.05) is 30.3 Å². The monoisotopic (exact) mass is 367 g/mol. The van der Waals surface area contributed by atoms with Crippen LogP contribution in [-0.4, -0.2) is 25.7 Å². The minimum Gasteiger partial charge on any atom is -0.371 e. The normalized spacial score (nSPS) is 16.8. The number of halogens is 2. The molecular formula is C17H19Cl2N3O2. The van der Waals surface area contributed by atoms with Gasteiger partial charge in [-0.25, -0.2) is 4.79 Å². The van der Waals surface area contributed by atoms with Crippen molar-refractivity contribution in [3.8, 4) is 0 Å². The lowest BCUT2D eigenvalue weighted by Crippen LogP contribution is -2.33. The molecule has 0 radical (unpaired) electrons. The molecule has 0 saturated carbocycles. The summed E-state index contributed by atoms with van der Waals surface area (Å²) in [5, 5.41) is 9.30. The lowest BCUT2D eigenvalue weighted by molar-refractivity contribution is 0.0277. The Morgan fingerprint density at radius 2 is 1.88 bits per heavy atom. The number of benzene rings is 2. The van der Waals surface area contributed by atoms with Crippen molar-refractivity contribution >= 4 is 41.4 Å². The van der Waals surface area contributed by atoms with E-state index in [1.807, 2.05) is 36.4 Å². The molecule has 24 heavy (non-hydrogen) atoms. The Bertz CT molecular complexity index is 674. The number of hydrogen-bond donors (Lipinski definition) is 3. The molecule has 1 aliphatic rings. The van der Waals surface area contributed by atoms with Crippen LogP contribution in [0.1, 0.15) is 11.7 Å². The number of rotatable bonds is 3. The summed E-state index contributed by atoms with van der Waals surface area (Å²) in [5.74, 6) is 0. The second kappa shape index (κ2) is 8.89. The fourth-order valence-corrected chi connectivity index (χ4v) is 2.59. The van der Waals surface area contributed by atoms with Gasteiger partial charge in [0.05, 0.1) is 23.4 Å². The topological polar surface area (TPSA) is 62.4 Å². The zero-order valence-corrected chi connectivity index (χ0v) is 14.5. The second-order valence-corrected chi connectivity index (χ2v) is 5.65. The van der Waals surface area contributed by atoms with Crippen LogP contribution >= 0.6 is 24.0 Å². The molecule has 1 saturated heterocycles. The molecular weight excluding hydrogens is 349 g/mol. The van der Waals surface area contributed by atoms with Crippen molar-refractivity contribution in [2.45, 2.75) is 6.10 Å². The van der Waals surface area contributed by atoms with Gasteiger partial charge in [-0.1, -0.05) is 35.9 Å². The Balaban J connectivity index is 0.00000208. The third kappa shape index (κ3) is 4.85. The van der Waals surface area contributed by atoms with Gasteiger partial charge in [-0.15, -0.1) is 12.4 Å². The fourth-order valence-electron chi connectivity index (χ4n) is 2.41. The molecule has 2 aromatic carbocycles. The van der Waals surface area contributed by atoms with E-state index < -0.39 is 0 Å². The molecule has 3 rings (SSSR count). The predicted molar refractivity (Wildman–Crippen MR) is 99.3 cm³/mol. The molecule has 1 atom stereocenters. The number of urea groups is 1. The Kier molecular flexibility index (Phi) is 6.87. The van der Waals surface area contributed by atoms with E-state index >= 15 is 0 Å². The van der Waals surface area contributed by atoms with E-state index in [2.05, 4.69) is 16.0 Å². The minimum absolute atomic E-state index is 0. The van der Waals surface area contributed by atoms with E-state index in [0.717, 1.165) is 18.7 Å². The van der Waals surface area contributed by atoms with Crippen LogP contribution < -0.4 is 16.0 Å². The van der Waals surface area contributed by atoms with Crippen molar-refractivity contribution in [1.82, 2.24) is 5.32 Å². The number of ether oxygens (including phenoxy) is 1. The maximum atomic E-state index is 12.0. The zero-order valence-electron chi connectivity index (χ0n) is 12.9. The number of hydrogen-bond acceptors (Lipinski definition) is 3. The van der Waals surface area contributed by atoms with Gasteiger partial charge in [-0.3, -0.25) is 0 Å². The quantitative estimate of drug-likeness (QED) is 0.766. The molecule has 2 aromatic rings. The average molecular weight is 368 g/mol. The Morgan fingerprint density at radius 3 is 2.54 bits per heavy atom. The number of nitrogens with one attached hydrogen (secondary N) is 3. The van der Waals surface area contributed by atoms with Gasteiger partial charge in [0.1, 0.15) is 0 Å². The Hall–Kier alpha value is -1.79. The SMILES string of the molecule is Cl.O=C(Nc1ccc(C2CNCCO2)cc1)Nc1ccccc1Cl. The molecule has 0 aliphatic carbocycles. The van der Waals surface area contributed by atoms with Gasteiger partial charge >= 0.3 is 6.03 Å². The summed E-state index contributed by atoms with van der Waals surface area (Å²) in [7, 11) is 0. The van der Waals surface area contributed by atoms with E-state index in [0.29, 0.717) is 23.0 Å². The molecule has 1 unspecified atom stereocenters. The second-order valence-electron chi connectivity index (χ2n) is 5.24. The number of carbonyl (C=O) groups is 1. The third-order valence-electron chi connectivity index (χ3n) is 3.59. The molecule has 1 aliphatic heterocycles. The number of anilines is 2. The maximum absolute atomic E-state index is 12.0. The van der Waals surface area contributed by atoms with Gasteiger partial charge in [0.15, 0.2) is 0 Å². The largest absolute Gasteiger partial charge is 0.371 e. The minimum atomic E-state index is -0.332. The van der Waals surface area contributed by atoms with Crippen LogP contribution in [0, 0.1) is 0 Å². The number of para-hydroxylation sites is 1. The highest BCUT2D eigenvalue weighted by atomic mass is 35.5. The third-order valence-corrected chi connectivity index (χ3v) is 3.92. The molecule has 0 bridgehead atoms. The summed E-state index contributed by atoms with van der Waals surface area (Å²) < 4.78 is 5.70. The lowest BCUT2D eigenvalue weighted by Gasteiger charge is -2.24. The molecule has 1 fully saturated rings. The van der Waals surface area contributed by atoms with E-state index in [4.69, 9.17) is 16.3 Å². The lowest BCUT2D eigenvalue weighted by atomic mass is 10.1. The van der Waals surface area contributed by atoms with Crippen LogP contribution in [0.15, 0.2) is 48.5 Å². The van der Waals surface area contributed by atoms with Crippen LogP contribution in [0.25, 0.3) is 0 Å². The summed E-state index contributed by atoms with van der Waals surface area (Å²) in [6, 6.07) is 14.4. The number of carbonyl (C=O) groups excluding carboxylic acids is 1. The van der Waals surface area contributed by atoms with Crippen LogP contribution in [-0.2, 0) is 4.74 Å². The van der Waals surface area contributed by atoms with Crippen LogP contribution in [0.5, 0.6) is 0 Å². The Morgan fingerprint density at radius 1 is 1.12 bits per heavy atom. The van der Waals surface area contributed by atoms with Gasteiger partial charge < -0.3 is 20.7 Å². The standard InChI is InChI=1S/C17H18ClN3O2.ClH/c18-14-3-1-2-4-15(14)21-17(22)20-13-7-5-12(6-8-13)16-11-19-9-10-23-16;/h1-8,16,19H,9-11H2,(H2,20,21,22);1H. The summed E-state index contributed by atoms with van der Waals surface area (Å²) in [5.41, 5.74) is 2.38. The van der Waals surface area contributed by atoms with Gasteiger partial charge in [-0.05, 0) is 29.8 Å². The van der Waals surface area contributed by atoms with E-state index in [1.54, 1.807) is 12.1 Å². The molecule has 3 N–H and O–H groups in total. The predicted octanol–water partition coefficient (Wildman–Crippen LogP) is 4.07. The number of morpholine rings is 1. The van der Waals surface area contributed by atoms with Crippen molar-refractivity contribution in [1.29, 1.82) is 0 Å². The smallest absolute Gasteiger partial charge is 0.323 e. The van der Waals surface area contributed by atoms with Crippen molar-refractivity contribution < 1.29 is 9.53 Å². The molecule has 1 heterocycles. The molecule has 5 nitrogen and oxygen atoms in total. The number of amides is 2. The van der Waals surface area contributed by atoms with Gasteiger partial charge in [0, 0.05) is 18.8 Å². The highest BCUT2D eigenvalue weighted by molar-refractivity contribution is 6.33. The van der Waals surface area contributed by atoms with E-state index in [9.17, 15) is 4.79 Å². The highest BCUT2D eigenvalue weighted by Gasteiger charge is 2.15. The maximum Gasteiger partial charge on any atom is 0.323 e. The summed E-state index contributed by atoms with van der Waals surface area (Å²) >= 11 is 6.02. The first kappa shape index (κ1) is 18.5. The first-order valence-corrected chi connectivity index (χ1v) is 7.85. The fraction of sp³-hybridized carbons (Fsp3) is 0.235. The van der Waals surface area contributed by atoms with Crippen LogP contribution in [0.3, 0.4) is 0 Å². The molecule has 0 spiro atoms. The Labute approximate surface area is 152 Å².